The van der Waals surface area contributed by atoms with Gasteiger partial charge in [-0.25, -0.2) is 9.97 Å². The molecule has 0 aliphatic carbocycles. The zero-order chi connectivity index (χ0) is 21.6. The molecule has 1 aromatic carbocycles. The van der Waals surface area contributed by atoms with Crippen LogP contribution in [0.15, 0.2) is 61.1 Å². The van der Waals surface area contributed by atoms with Crippen LogP contribution < -0.4 is 20.9 Å². The summed E-state index contributed by atoms with van der Waals surface area (Å²) in [6, 6.07) is 14.9. The van der Waals surface area contributed by atoms with Gasteiger partial charge in [0.1, 0.15) is 17.7 Å². The first-order chi connectivity index (χ1) is 15.1. The lowest BCUT2D eigenvalue weighted by Crippen LogP contribution is -2.21. The summed E-state index contributed by atoms with van der Waals surface area (Å²) >= 11 is 12.6. The lowest BCUT2D eigenvalue weighted by molar-refractivity contribution is 0.899. The fraction of sp³-hybridized carbons (Fsp3) is 0.136. The number of nitrogens with one attached hydrogen (secondary N) is 3. The second kappa shape index (κ2) is 9.56. The number of hydrogen-bond acceptors (Lipinski definition) is 7. The van der Waals surface area contributed by atoms with Gasteiger partial charge >= 0.3 is 0 Å². The van der Waals surface area contributed by atoms with Crippen molar-refractivity contribution >= 4 is 40.5 Å². The zero-order valence-electron chi connectivity index (χ0n) is 16.4. The third-order valence-electron chi connectivity index (χ3n) is 4.63. The summed E-state index contributed by atoms with van der Waals surface area (Å²) in [4.78, 5) is 11.1. The number of pyridine rings is 2. The highest BCUT2D eigenvalue weighted by Crippen LogP contribution is 2.36. The minimum absolute atomic E-state index is 0.532. The van der Waals surface area contributed by atoms with Crippen LogP contribution in [0.2, 0.25) is 10.0 Å². The van der Waals surface area contributed by atoms with E-state index >= 15 is 0 Å². The number of halogens is 2. The van der Waals surface area contributed by atoms with Crippen LogP contribution >= 0.6 is 23.2 Å². The third-order valence-corrected chi connectivity index (χ3v) is 5.18. The van der Waals surface area contributed by atoms with Gasteiger partial charge in [0.05, 0.1) is 28.6 Å². The molecule has 7 nitrogen and oxygen atoms in total. The number of nitrogens with zero attached hydrogens (tertiary/aromatic N) is 4. The van der Waals surface area contributed by atoms with Crippen molar-refractivity contribution in [3.05, 3.63) is 76.7 Å². The van der Waals surface area contributed by atoms with Crippen molar-refractivity contribution in [3.63, 3.8) is 0 Å². The molecule has 0 fully saturated rings. The molecule has 0 amide bonds. The van der Waals surface area contributed by atoms with Gasteiger partial charge in [0.25, 0.3) is 0 Å². The number of nitriles is 1. The van der Waals surface area contributed by atoms with Crippen molar-refractivity contribution < 1.29 is 0 Å². The zero-order valence-corrected chi connectivity index (χ0v) is 18.0. The van der Waals surface area contributed by atoms with Crippen molar-refractivity contribution in [2.24, 2.45) is 0 Å². The molecule has 9 heteroatoms. The summed E-state index contributed by atoms with van der Waals surface area (Å²) in [7, 11) is 0. The van der Waals surface area contributed by atoms with E-state index in [1.54, 1.807) is 30.5 Å². The maximum absolute atomic E-state index is 8.84. The van der Waals surface area contributed by atoms with Gasteiger partial charge in [-0.2, -0.15) is 5.26 Å². The van der Waals surface area contributed by atoms with E-state index < -0.39 is 0 Å². The normalized spacial score (nSPS) is 12.4. The molecular weight excluding hydrogens is 433 g/mol. The van der Waals surface area contributed by atoms with Gasteiger partial charge in [-0.05, 0) is 42.5 Å². The van der Waals surface area contributed by atoms with Crippen LogP contribution in [0.4, 0.5) is 17.3 Å². The van der Waals surface area contributed by atoms with E-state index in [1.165, 1.54) is 0 Å². The van der Waals surface area contributed by atoms with Crippen molar-refractivity contribution in [3.8, 4) is 17.3 Å². The number of rotatable bonds is 7. The summed E-state index contributed by atoms with van der Waals surface area (Å²) in [5, 5.41) is 19.7. The minimum Gasteiger partial charge on any atom is -0.372 e. The van der Waals surface area contributed by atoms with Crippen LogP contribution in [0.1, 0.15) is 5.56 Å². The number of hydrogen-bond donors (Lipinski definition) is 3. The van der Waals surface area contributed by atoms with Crippen LogP contribution in [0.3, 0.4) is 0 Å². The first-order valence-corrected chi connectivity index (χ1v) is 10.4. The van der Waals surface area contributed by atoms with Gasteiger partial charge < -0.3 is 20.9 Å². The monoisotopic (exact) mass is 451 g/mol. The lowest BCUT2D eigenvalue weighted by atomic mass is 10.1. The Morgan fingerprint density at radius 3 is 2.55 bits per heavy atom. The molecule has 1 aliphatic heterocycles. The Bertz CT molecular complexity index is 1140. The molecule has 156 valence electrons. The molecule has 0 radical (unpaired) electrons. The molecule has 2 aromatic heterocycles. The Morgan fingerprint density at radius 2 is 1.87 bits per heavy atom. The van der Waals surface area contributed by atoms with Crippen LogP contribution in [-0.4, -0.2) is 29.7 Å². The van der Waals surface area contributed by atoms with E-state index in [-0.39, 0.29) is 0 Å². The van der Waals surface area contributed by atoms with Crippen molar-refractivity contribution in [1.29, 1.82) is 5.26 Å². The molecule has 0 bridgehead atoms. The van der Waals surface area contributed by atoms with Crippen LogP contribution in [0.25, 0.3) is 11.3 Å². The average molecular weight is 452 g/mol. The van der Waals surface area contributed by atoms with E-state index in [2.05, 4.69) is 31.9 Å². The molecular formula is C22H19Cl2N7. The first-order valence-electron chi connectivity index (χ1n) is 9.61. The molecule has 4 rings (SSSR count). The maximum atomic E-state index is 8.84. The Labute approximate surface area is 190 Å². The smallest absolute Gasteiger partial charge is 0.126 e. The predicted octanol–water partition coefficient (Wildman–Crippen LogP) is 4.68. The van der Waals surface area contributed by atoms with Gasteiger partial charge in [-0.3, -0.25) is 0 Å². The molecule has 0 atom stereocenters. The Balaban J connectivity index is 1.49. The SMILES string of the molecule is N#Cc1ccc(NCCNc2ccc(N3C=CNC3)c(-c3ccc(Cl)cc3Cl)n2)nc1. The van der Waals surface area contributed by atoms with E-state index in [1.807, 2.05) is 30.6 Å². The largest absolute Gasteiger partial charge is 0.372 e. The van der Waals surface area contributed by atoms with Crippen molar-refractivity contribution in [2.45, 2.75) is 0 Å². The lowest BCUT2D eigenvalue weighted by Gasteiger charge is -2.20. The second-order valence-electron chi connectivity index (χ2n) is 6.73. The van der Waals surface area contributed by atoms with Crippen LogP contribution in [-0.2, 0) is 0 Å². The molecule has 3 aromatic rings. The molecule has 1 aliphatic rings. The van der Waals surface area contributed by atoms with E-state index in [0.29, 0.717) is 41.2 Å². The van der Waals surface area contributed by atoms with Gasteiger partial charge in [-0.15, -0.1) is 0 Å². The highest BCUT2D eigenvalue weighted by Gasteiger charge is 2.17. The van der Waals surface area contributed by atoms with Gasteiger partial charge in [0.2, 0.25) is 0 Å². The van der Waals surface area contributed by atoms with Crippen molar-refractivity contribution in [2.75, 3.05) is 35.3 Å². The van der Waals surface area contributed by atoms with Crippen LogP contribution in [0.5, 0.6) is 0 Å². The molecule has 0 saturated heterocycles. The van der Waals surface area contributed by atoms with Gasteiger partial charge in [0, 0.05) is 42.3 Å². The van der Waals surface area contributed by atoms with E-state index in [9.17, 15) is 0 Å². The molecule has 0 spiro atoms. The number of anilines is 3. The second-order valence-corrected chi connectivity index (χ2v) is 7.58. The maximum Gasteiger partial charge on any atom is 0.126 e. The summed E-state index contributed by atoms with van der Waals surface area (Å²) in [6.45, 7) is 1.93. The molecule has 3 N–H and O–H groups in total. The van der Waals surface area contributed by atoms with E-state index in [0.717, 1.165) is 22.8 Å². The molecule has 0 saturated carbocycles. The Morgan fingerprint density at radius 1 is 1.06 bits per heavy atom. The Kier molecular flexibility index (Phi) is 6.41. The Hall–Kier alpha value is -3.47. The molecule has 31 heavy (non-hydrogen) atoms. The fourth-order valence-corrected chi connectivity index (χ4v) is 3.62. The highest BCUT2D eigenvalue weighted by atomic mass is 35.5. The summed E-state index contributed by atoms with van der Waals surface area (Å²) in [6.07, 6.45) is 5.40. The quantitative estimate of drug-likeness (QED) is 0.449. The number of benzene rings is 1. The molecule has 3 heterocycles. The predicted molar refractivity (Wildman–Crippen MR) is 125 cm³/mol. The topological polar surface area (TPSA) is 88.9 Å². The van der Waals surface area contributed by atoms with Gasteiger partial charge in [0.15, 0.2) is 0 Å². The van der Waals surface area contributed by atoms with Crippen LogP contribution in [0, 0.1) is 11.3 Å². The standard InChI is InChI=1S/C22H19Cl2N7/c23-16-2-3-17(18(24)11-16)22-19(31-10-9-26-14-31)4-6-21(30-22)28-8-7-27-20-5-1-15(12-25)13-29-20/h1-6,9-11,13,26H,7-8,14H2,(H,27,29)(H,28,30). The van der Waals surface area contributed by atoms with Crippen molar-refractivity contribution in [1.82, 2.24) is 15.3 Å². The summed E-state index contributed by atoms with van der Waals surface area (Å²) in [5.41, 5.74) is 3.05. The molecule has 0 unspecified atom stereocenters. The third kappa shape index (κ3) is 5.00. The number of aromatic nitrogens is 2. The van der Waals surface area contributed by atoms with E-state index in [4.69, 9.17) is 33.4 Å². The minimum atomic E-state index is 0.532. The highest BCUT2D eigenvalue weighted by molar-refractivity contribution is 6.36. The summed E-state index contributed by atoms with van der Waals surface area (Å²) < 4.78 is 0. The van der Waals surface area contributed by atoms with Gasteiger partial charge in [-0.1, -0.05) is 23.2 Å². The average Bonchev–Trinajstić information content (AvgIpc) is 3.32. The first kappa shape index (κ1) is 20.8. The summed E-state index contributed by atoms with van der Waals surface area (Å²) in [5.74, 6) is 1.45. The fourth-order valence-electron chi connectivity index (χ4n) is 3.12.